The van der Waals surface area contributed by atoms with Gasteiger partial charge in [0.2, 0.25) is 0 Å². The van der Waals surface area contributed by atoms with E-state index in [1.807, 2.05) is 0 Å². The van der Waals surface area contributed by atoms with Crippen LogP contribution in [0.2, 0.25) is 0 Å². The third-order valence-corrected chi connectivity index (χ3v) is 4.45. The minimum Gasteiger partial charge on any atom is -0.258 e. The first-order valence-electron chi connectivity index (χ1n) is 5.57. The lowest BCUT2D eigenvalue weighted by molar-refractivity contribution is -0.384. The number of hydrogen-bond acceptors (Lipinski definition) is 5. The van der Waals surface area contributed by atoms with E-state index in [0.717, 1.165) is 16.4 Å². The van der Waals surface area contributed by atoms with Gasteiger partial charge in [0.1, 0.15) is 5.82 Å². The third-order valence-electron chi connectivity index (χ3n) is 2.68. The number of non-ortho nitro benzene ring substituents is 1. The summed E-state index contributed by atoms with van der Waals surface area (Å²) in [6, 6.07) is 9.61. The number of anilines is 1. The van der Waals surface area contributed by atoms with Crippen LogP contribution < -0.4 is 4.31 Å². The summed E-state index contributed by atoms with van der Waals surface area (Å²) in [5.74, 6) is 0.269. The van der Waals surface area contributed by atoms with Crippen LogP contribution in [0.3, 0.4) is 0 Å². The van der Waals surface area contributed by atoms with E-state index in [0.29, 0.717) is 0 Å². The Hall–Kier alpha value is -2.48. The van der Waals surface area contributed by atoms with Gasteiger partial charge in [-0.15, -0.1) is 0 Å². The summed E-state index contributed by atoms with van der Waals surface area (Å²) in [6.07, 6.45) is 1.48. The van der Waals surface area contributed by atoms with E-state index in [4.69, 9.17) is 0 Å². The predicted octanol–water partition coefficient (Wildman–Crippen LogP) is 1.81. The van der Waals surface area contributed by atoms with Gasteiger partial charge in [0, 0.05) is 25.4 Å². The van der Waals surface area contributed by atoms with Gasteiger partial charge < -0.3 is 0 Å². The molecule has 0 aliphatic rings. The Labute approximate surface area is 115 Å². The molecule has 0 radical (unpaired) electrons. The van der Waals surface area contributed by atoms with Gasteiger partial charge in [-0.05, 0) is 24.3 Å². The average Bonchev–Trinajstić information content (AvgIpc) is 2.47. The van der Waals surface area contributed by atoms with E-state index in [-0.39, 0.29) is 16.4 Å². The summed E-state index contributed by atoms with van der Waals surface area (Å²) < 4.78 is 25.7. The van der Waals surface area contributed by atoms with Crippen LogP contribution in [0.4, 0.5) is 11.5 Å². The zero-order chi connectivity index (χ0) is 14.8. The first-order valence-corrected chi connectivity index (χ1v) is 7.01. The highest BCUT2D eigenvalue weighted by Crippen LogP contribution is 2.21. The maximum absolute atomic E-state index is 12.3. The van der Waals surface area contributed by atoms with Crippen molar-refractivity contribution in [1.29, 1.82) is 0 Å². The van der Waals surface area contributed by atoms with Crippen molar-refractivity contribution in [3.05, 3.63) is 58.8 Å². The van der Waals surface area contributed by atoms with E-state index in [1.165, 1.54) is 25.4 Å². The molecule has 0 amide bonds. The van der Waals surface area contributed by atoms with Crippen molar-refractivity contribution >= 4 is 21.5 Å². The van der Waals surface area contributed by atoms with Crippen molar-refractivity contribution < 1.29 is 13.3 Å². The minimum atomic E-state index is -3.79. The molecule has 104 valence electrons. The van der Waals surface area contributed by atoms with Crippen LogP contribution in [0, 0.1) is 10.1 Å². The molecule has 0 bridgehead atoms. The fourth-order valence-electron chi connectivity index (χ4n) is 1.56. The van der Waals surface area contributed by atoms with E-state index in [9.17, 15) is 18.5 Å². The van der Waals surface area contributed by atoms with E-state index in [1.54, 1.807) is 18.2 Å². The summed E-state index contributed by atoms with van der Waals surface area (Å²) in [5, 5.41) is 10.6. The molecule has 8 heteroatoms. The number of aromatic nitrogens is 1. The second-order valence-corrected chi connectivity index (χ2v) is 5.88. The third kappa shape index (κ3) is 2.59. The smallest absolute Gasteiger partial charge is 0.258 e. The number of hydrogen-bond donors (Lipinski definition) is 0. The van der Waals surface area contributed by atoms with Gasteiger partial charge in [-0.25, -0.2) is 13.4 Å². The Kier molecular flexibility index (Phi) is 3.66. The van der Waals surface area contributed by atoms with Gasteiger partial charge in [-0.2, -0.15) is 0 Å². The quantitative estimate of drug-likeness (QED) is 0.633. The highest BCUT2D eigenvalue weighted by Gasteiger charge is 2.22. The van der Waals surface area contributed by atoms with Gasteiger partial charge in [-0.3, -0.25) is 14.4 Å². The van der Waals surface area contributed by atoms with Gasteiger partial charge in [0.05, 0.1) is 9.82 Å². The molecule has 7 nitrogen and oxygen atoms in total. The summed E-state index contributed by atoms with van der Waals surface area (Å²) >= 11 is 0. The number of benzene rings is 1. The molecule has 0 saturated heterocycles. The Morgan fingerprint density at radius 3 is 2.30 bits per heavy atom. The van der Waals surface area contributed by atoms with Crippen LogP contribution in [-0.4, -0.2) is 25.4 Å². The van der Waals surface area contributed by atoms with Crippen molar-refractivity contribution in [2.45, 2.75) is 4.90 Å². The summed E-state index contributed by atoms with van der Waals surface area (Å²) in [5.41, 5.74) is -0.163. The predicted molar refractivity (Wildman–Crippen MR) is 72.9 cm³/mol. The van der Waals surface area contributed by atoms with Crippen molar-refractivity contribution in [2.24, 2.45) is 0 Å². The second kappa shape index (κ2) is 5.25. The van der Waals surface area contributed by atoms with Crippen LogP contribution in [0.15, 0.2) is 53.6 Å². The monoisotopic (exact) mass is 293 g/mol. The molecule has 1 heterocycles. The molecule has 0 aliphatic carbocycles. The fourth-order valence-corrected chi connectivity index (χ4v) is 2.71. The Morgan fingerprint density at radius 1 is 1.15 bits per heavy atom. The SMILES string of the molecule is CN(c1ccccn1)S(=O)(=O)c1ccc([N+](=O)[O-])cc1. The van der Waals surface area contributed by atoms with E-state index >= 15 is 0 Å². The Morgan fingerprint density at radius 2 is 1.80 bits per heavy atom. The normalized spacial score (nSPS) is 11.1. The molecule has 0 spiro atoms. The standard InChI is InChI=1S/C12H11N3O4S/c1-14(12-4-2-3-9-13-12)20(18,19)11-7-5-10(6-8-11)15(16)17/h2-9H,1H3. The zero-order valence-corrected chi connectivity index (χ0v) is 11.3. The molecule has 0 atom stereocenters. The van der Waals surface area contributed by atoms with Crippen molar-refractivity contribution in [3.63, 3.8) is 0 Å². The van der Waals surface area contributed by atoms with E-state index < -0.39 is 14.9 Å². The van der Waals surface area contributed by atoms with Crippen LogP contribution in [-0.2, 0) is 10.0 Å². The molecule has 1 aromatic carbocycles. The minimum absolute atomic E-state index is 0.0312. The van der Waals surface area contributed by atoms with Crippen LogP contribution in [0.25, 0.3) is 0 Å². The number of nitrogens with zero attached hydrogens (tertiary/aromatic N) is 3. The maximum atomic E-state index is 12.3. The van der Waals surface area contributed by atoms with Crippen molar-refractivity contribution in [1.82, 2.24) is 4.98 Å². The largest absolute Gasteiger partial charge is 0.269 e. The van der Waals surface area contributed by atoms with Gasteiger partial charge in [0.15, 0.2) is 0 Å². The molecule has 2 rings (SSSR count). The number of pyridine rings is 1. The van der Waals surface area contributed by atoms with Crippen LogP contribution >= 0.6 is 0 Å². The molecule has 0 N–H and O–H groups in total. The van der Waals surface area contributed by atoms with Gasteiger partial charge in [0.25, 0.3) is 15.7 Å². The Bertz CT molecular complexity index is 714. The number of rotatable bonds is 4. The Balaban J connectivity index is 2.37. The second-order valence-electron chi connectivity index (χ2n) is 3.91. The number of nitro groups is 1. The first kappa shape index (κ1) is 13.9. The highest BCUT2D eigenvalue weighted by atomic mass is 32.2. The summed E-state index contributed by atoms with van der Waals surface area (Å²) in [6.45, 7) is 0. The molecule has 0 fully saturated rings. The summed E-state index contributed by atoms with van der Waals surface area (Å²) in [4.78, 5) is 13.9. The summed E-state index contributed by atoms with van der Waals surface area (Å²) in [7, 11) is -2.41. The van der Waals surface area contributed by atoms with Crippen LogP contribution in [0.1, 0.15) is 0 Å². The molecule has 1 aromatic heterocycles. The lowest BCUT2D eigenvalue weighted by atomic mass is 10.3. The lowest BCUT2D eigenvalue weighted by Gasteiger charge is -2.17. The molecule has 0 unspecified atom stereocenters. The van der Waals surface area contributed by atoms with E-state index in [2.05, 4.69) is 4.98 Å². The molecule has 0 aliphatic heterocycles. The topological polar surface area (TPSA) is 93.4 Å². The van der Waals surface area contributed by atoms with Crippen LogP contribution in [0.5, 0.6) is 0 Å². The molecule has 20 heavy (non-hydrogen) atoms. The number of nitro benzene ring substituents is 1. The molecular weight excluding hydrogens is 282 g/mol. The average molecular weight is 293 g/mol. The molecule has 2 aromatic rings. The fraction of sp³-hybridized carbons (Fsp3) is 0.0833. The number of sulfonamides is 1. The van der Waals surface area contributed by atoms with Gasteiger partial charge >= 0.3 is 0 Å². The molecular formula is C12H11N3O4S. The highest BCUT2D eigenvalue weighted by molar-refractivity contribution is 7.92. The van der Waals surface area contributed by atoms with Crippen molar-refractivity contribution in [2.75, 3.05) is 11.4 Å². The molecule has 0 saturated carbocycles. The van der Waals surface area contributed by atoms with Gasteiger partial charge in [-0.1, -0.05) is 6.07 Å². The first-order chi connectivity index (χ1) is 9.43. The zero-order valence-electron chi connectivity index (χ0n) is 10.5. The van der Waals surface area contributed by atoms with Crippen molar-refractivity contribution in [3.8, 4) is 0 Å². The lowest BCUT2D eigenvalue weighted by Crippen LogP contribution is -2.27. The maximum Gasteiger partial charge on any atom is 0.269 e.